The molecule has 0 saturated carbocycles. The summed E-state index contributed by atoms with van der Waals surface area (Å²) in [5.41, 5.74) is 18.5. The fraction of sp³-hybridized carbons (Fsp3) is 0. The standard InChI is InChI=1S/C10H8ClNO2S.C6H8N2/c11-15(13,14)10-6-5-9(12)7-3-1-2-4-8(7)10;7-5-2-1-3-6(8)4-5/h1-6H,12H2;1-4H,7-8H2. The van der Waals surface area contributed by atoms with Crippen LogP contribution in [0.15, 0.2) is 65.6 Å². The zero-order valence-corrected chi connectivity index (χ0v) is 13.7. The van der Waals surface area contributed by atoms with E-state index in [0.29, 0.717) is 27.8 Å². The van der Waals surface area contributed by atoms with Crippen LogP contribution in [0, 0.1) is 0 Å². The zero-order chi connectivity index (χ0) is 17.0. The van der Waals surface area contributed by atoms with Gasteiger partial charge in [0, 0.05) is 38.5 Å². The first kappa shape index (κ1) is 16.9. The summed E-state index contributed by atoms with van der Waals surface area (Å²) < 4.78 is 22.6. The number of fused-ring (bicyclic) bond motifs is 1. The molecule has 0 aliphatic heterocycles. The molecule has 7 heteroatoms. The van der Waals surface area contributed by atoms with Crippen molar-refractivity contribution in [1.29, 1.82) is 0 Å². The molecule has 0 radical (unpaired) electrons. The SMILES string of the molecule is Nc1ccc(S(=O)(=O)Cl)c2ccccc12.Nc1cccc(N)c1. The Bertz CT molecular complexity index is 926. The minimum Gasteiger partial charge on any atom is -0.399 e. The quantitative estimate of drug-likeness (QED) is 0.461. The third-order valence-corrected chi connectivity index (χ3v) is 4.47. The van der Waals surface area contributed by atoms with Crippen molar-refractivity contribution < 1.29 is 8.42 Å². The molecule has 5 nitrogen and oxygen atoms in total. The Kier molecular flexibility index (Phi) is 4.98. The van der Waals surface area contributed by atoms with E-state index in [-0.39, 0.29) is 4.90 Å². The molecule has 0 aliphatic rings. The van der Waals surface area contributed by atoms with E-state index in [9.17, 15) is 8.42 Å². The first-order chi connectivity index (χ1) is 10.8. The van der Waals surface area contributed by atoms with Crippen molar-refractivity contribution in [1.82, 2.24) is 0 Å². The van der Waals surface area contributed by atoms with E-state index in [1.165, 1.54) is 12.1 Å². The van der Waals surface area contributed by atoms with Gasteiger partial charge in [0.15, 0.2) is 0 Å². The minimum absolute atomic E-state index is 0.0916. The van der Waals surface area contributed by atoms with E-state index >= 15 is 0 Å². The van der Waals surface area contributed by atoms with Crippen molar-refractivity contribution in [3.8, 4) is 0 Å². The Hall–Kier alpha value is -2.44. The summed E-state index contributed by atoms with van der Waals surface area (Å²) in [4.78, 5) is 0.0916. The van der Waals surface area contributed by atoms with Crippen LogP contribution in [-0.4, -0.2) is 8.42 Å². The number of anilines is 3. The van der Waals surface area contributed by atoms with Gasteiger partial charge in [-0.25, -0.2) is 8.42 Å². The molecule has 3 rings (SSSR count). The van der Waals surface area contributed by atoms with Gasteiger partial charge in [-0.15, -0.1) is 0 Å². The number of nitrogen functional groups attached to an aromatic ring is 3. The minimum atomic E-state index is -3.73. The highest BCUT2D eigenvalue weighted by molar-refractivity contribution is 8.14. The maximum atomic E-state index is 11.3. The number of hydrogen-bond donors (Lipinski definition) is 3. The molecular formula is C16H16ClN3O2S. The third-order valence-electron chi connectivity index (χ3n) is 3.09. The summed E-state index contributed by atoms with van der Waals surface area (Å²) >= 11 is 0. The highest BCUT2D eigenvalue weighted by atomic mass is 35.7. The largest absolute Gasteiger partial charge is 0.399 e. The fourth-order valence-corrected chi connectivity index (χ4v) is 3.14. The molecule has 6 N–H and O–H groups in total. The van der Waals surface area contributed by atoms with E-state index in [0.717, 1.165) is 0 Å². The fourth-order valence-electron chi connectivity index (χ4n) is 2.07. The maximum Gasteiger partial charge on any atom is 0.261 e. The van der Waals surface area contributed by atoms with Gasteiger partial charge in [0.2, 0.25) is 0 Å². The normalized spacial score (nSPS) is 10.8. The van der Waals surface area contributed by atoms with Crippen LogP contribution in [0.4, 0.5) is 17.1 Å². The molecule has 0 heterocycles. The summed E-state index contributed by atoms with van der Waals surface area (Å²) in [5, 5.41) is 1.24. The molecule has 0 saturated heterocycles. The van der Waals surface area contributed by atoms with E-state index in [2.05, 4.69) is 0 Å². The van der Waals surface area contributed by atoms with Crippen molar-refractivity contribution in [3.05, 3.63) is 60.7 Å². The highest BCUT2D eigenvalue weighted by Gasteiger charge is 2.14. The molecule has 0 fully saturated rings. The Balaban J connectivity index is 0.000000203. The number of benzene rings is 3. The van der Waals surface area contributed by atoms with Gasteiger partial charge in [-0.3, -0.25) is 0 Å². The maximum absolute atomic E-state index is 11.3. The molecule has 0 aromatic heterocycles. The van der Waals surface area contributed by atoms with E-state index in [1.807, 2.05) is 6.07 Å². The van der Waals surface area contributed by atoms with Crippen LogP contribution in [0.3, 0.4) is 0 Å². The van der Waals surface area contributed by atoms with Gasteiger partial charge >= 0.3 is 0 Å². The lowest BCUT2D eigenvalue weighted by Crippen LogP contribution is -1.95. The summed E-state index contributed by atoms with van der Waals surface area (Å²) in [5.74, 6) is 0. The first-order valence-corrected chi connectivity index (χ1v) is 8.93. The predicted molar refractivity (Wildman–Crippen MR) is 96.7 cm³/mol. The molecule has 0 unspecified atom stereocenters. The van der Waals surface area contributed by atoms with Crippen molar-refractivity contribution in [3.63, 3.8) is 0 Å². The molecule has 0 amide bonds. The monoisotopic (exact) mass is 349 g/mol. The first-order valence-electron chi connectivity index (χ1n) is 6.62. The van der Waals surface area contributed by atoms with Crippen LogP contribution < -0.4 is 17.2 Å². The van der Waals surface area contributed by atoms with Gasteiger partial charge in [-0.2, -0.15) is 0 Å². The van der Waals surface area contributed by atoms with Crippen LogP contribution in [0.1, 0.15) is 0 Å². The van der Waals surface area contributed by atoms with E-state index in [4.69, 9.17) is 27.9 Å². The Labute approximate surface area is 139 Å². The van der Waals surface area contributed by atoms with Crippen LogP contribution in [0.25, 0.3) is 10.8 Å². The second kappa shape index (κ2) is 6.76. The molecule has 0 spiro atoms. The Morgan fingerprint density at radius 1 is 0.739 bits per heavy atom. The lowest BCUT2D eigenvalue weighted by Gasteiger charge is -2.05. The topological polar surface area (TPSA) is 112 Å². The van der Waals surface area contributed by atoms with Gasteiger partial charge in [0.1, 0.15) is 0 Å². The summed E-state index contributed by atoms with van der Waals surface area (Å²) in [6.45, 7) is 0. The van der Waals surface area contributed by atoms with Crippen molar-refractivity contribution in [2.75, 3.05) is 17.2 Å². The van der Waals surface area contributed by atoms with Gasteiger partial charge in [0.05, 0.1) is 4.90 Å². The number of hydrogen-bond acceptors (Lipinski definition) is 5. The van der Waals surface area contributed by atoms with Crippen molar-refractivity contribution in [2.45, 2.75) is 4.90 Å². The Morgan fingerprint density at radius 2 is 1.30 bits per heavy atom. The van der Waals surface area contributed by atoms with Gasteiger partial charge in [-0.05, 0) is 30.3 Å². The van der Waals surface area contributed by atoms with Gasteiger partial charge in [0.25, 0.3) is 9.05 Å². The van der Waals surface area contributed by atoms with Crippen LogP contribution in [-0.2, 0) is 9.05 Å². The highest BCUT2D eigenvalue weighted by Crippen LogP contribution is 2.29. The van der Waals surface area contributed by atoms with E-state index < -0.39 is 9.05 Å². The van der Waals surface area contributed by atoms with Gasteiger partial charge in [-0.1, -0.05) is 30.3 Å². The summed E-state index contributed by atoms with van der Waals surface area (Å²) in [6.07, 6.45) is 0. The zero-order valence-electron chi connectivity index (χ0n) is 12.1. The average molecular weight is 350 g/mol. The number of nitrogens with two attached hydrogens (primary N) is 3. The van der Waals surface area contributed by atoms with Crippen LogP contribution in [0.5, 0.6) is 0 Å². The second-order valence-electron chi connectivity index (χ2n) is 4.81. The molecule has 3 aromatic rings. The van der Waals surface area contributed by atoms with Crippen LogP contribution in [0.2, 0.25) is 0 Å². The van der Waals surface area contributed by atoms with Crippen molar-refractivity contribution in [2.24, 2.45) is 0 Å². The molecular weight excluding hydrogens is 334 g/mol. The van der Waals surface area contributed by atoms with Crippen molar-refractivity contribution >= 4 is 47.6 Å². The Morgan fingerprint density at radius 3 is 1.78 bits per heavy atom. The molecule has 0 bridgehead atoms. The molecule has 23 heavy (non-hydrogen) atoms. The molecule has 0 aliphatic carbocycles. The predicted octanol–water partition coefficient (Wildman–Crippen LogP) is 3.20. The molecule has 3 aromatic carbocycles. The van der Waals surface area contributed by atoms with Gasteiger partial charge < -0.3 is 17.2 Å². The smallest absolute Gasteiger partial charge is 0.261 e. The second-order valence-corrected chi connectivity index (χ2v) is 7.34. The lowest BCUT2D eigenvalue weighted by atomic mass is 10.1. The number of rotatable bonds is 1. The number of halogens is 1. The molecule has 120 valence electrons. The van der Waals surface area contributed by atoms with Crippen LogP contribution >= 0.6 is 10.7 Å². The molecule has 0 atom stereocenters. The van der Waals surface area contributed by atoms with E-state index in [1.54, 1.807) is 42.5 Å². The third kappa shape index (κ3) is 4.28. The average Bonchev–Trinajstić information content (AvgIpc) is 2.47. The summed E-state index contributed by atoms with van der Waals surface area (Å²) in [7, 11) is 1.59. The lowest BCUT2D eigenvalue weighted by molar-refractivity contribution is 0.610. The summed E-state index contributed by atoms with van der Waals surface area (Å²) in [6, 6.07) is 17.1.